The number of rotatable bonds is 7. The molecule has 1 aliphatic carbocycles. The van der Waals surface area contributed by atoms with Gasteiger partial charge in [0, 0.05) is 13.1 Å². The minimum Gasteiger partial charge on any atom is -0.391 e. The maximum absolute atomic E-state index is 12.1. The summed E-state index contributed by atoms with van der Waals surface area (Å²) in [5.74, 6) is 0.113. The standard InChI is InChI=1S/C13H24N2O4S/c1-2-8-20(18,19)15-7-3-4-11(15)13(17)14-9-12(16)10-5-6-10/h10-12,16H,2-9H2,1H3,(H,14,17). The van der Waals surface area contributed by atoms with E-state index < -0.39 is 22.2 Å². The van der Waals surface area contributed by atoms with Crippen molar-refractivity contribution in [1.29, 1.82) is 0 Å². The SMILES string of the molecule is CCCS(=O)(=O)N1CCCC1C(=O)NCC(O)C1CC1. The van der Waals surface area contributed by atoms with Crippen LogP contribution in [0.2, 0.25) is 0 Å². The van der Waals surface area contributed by atoms with Gasteiger partial charge in [0.15, 0.2) is 0 Å². The van der Waals surface area contributed by atoms with Crippen LogP contribution in [0.15, 0.2) is 0 Å². The molecule has 7 heteroatoms. The zero-order valence-corrected chi connectivity index (χ0v) is 12.7. The van der Waals surface area contributed by atoms with Crippen LogP contribution < -0.4 is 5.32 Å². The molecule has 0 radical (unpaired) electrons. The van der Waals surface area contributed by atoms with Crippen molar-refractivity contribution in [2.24, 2.45) is 5.92 Å². The van der Waals surface area contributed by atoms with Crippen LogP contribution in [-0.4, -0.2) is 54.7 Å². The highest BCUT2D eigenvalue weighted by molar-refractivity contribution is 7.89. The van der Waals surface area contributed by atoms with Crippen molar-refractivity contribution in [3.8, 4) is 0 Å². The Hall–Kier alpha value is -0.660. The Labute approximate surface area is 120 Å². The monoisotopic (exact) mass is 304 g/mol. The highest BCUT2D eigenvalue weighted by Gasteiger charge is 2.38. The van der Waals surface area contributed by atoms with Gasteiger partial charge in [-0.15, -0.1) is 0 Å². The van der Waals surface area contributed by atoms with Crippen molar-refractivity contribution >= 4 is 15.9 Å². The van der Waals surface area contributed by atoms with Gasteiger partial charge in [0.2, 0.25) is 15.9 Å². The number of nitrogens with one attached hydrogen (secondary N) is 1. The number of hydrogen-bond donors (Lipinski definition) is 2. The molecule has 2 fully saturated rings. The largest absolute Gasteiger partial charge is 0.391 e. The van der Waals surface area contributed by atoms with E-state index in [2.05, 4.69) is 5.32 Å². The van der Waals surface area contributed by atoms with E-state index in [0.29, 0.717) is 31.7 Å². The summed E-state index contributed by atoms with van der Waals surface area (Å²) in [6.45, 7) is 2.46. The fourth-order valence-corrected chi connectivity index (χ4v) is 4.43. The second-order valence-electron chi connectivity index (χ2n) is 5.73. The Morgan fingerprint density at radius 2 is 2.10 bits per heavy atom. The summed E-state index contributed by atoms with van der Waals surface area (Å²) in [5, 5.41) is 12.4. The second-order valence-corrected chi connectivity index (χ2v) is 7.78. The lowest BCUT2D eigenvalue weighted by Crippen LogP contribution is -2.48. The molecule has 0 aromatic rings. The molecule has 0 bridgehead atoms. The number of carbonyl (C=O) groups is 1. The van der Waals surface area contributed by atoms with Crippen LogP contribution in [0.1, 0.15) is 39.0 Å². The van der Waals surface area contributed by atoms with E-state index in [1.165, 1.54) is 4.31 Å². The van der Waals surface area contributed by atoms with Crippen molar-refractivity contribution in [3.63, 3.8) is 0 Å². The maximum atomic E-state index is 12.1. The predicted octanol–water partition coefficient (Wildman–Crippen LogP) is 0.0777. The predicted molar refractivity (Wildman–Crippen MR) is 75.5 cm³/mol. The smallest absolute Gasteiger partial charge is 0.238 e. The minimum atomic E-state index is -3.34. The summed E-state index contributed by atoms with van der Waals surface area (Å²) in [7, 11) is -3.34. The quantitative estimate of drug-likeness (QED) is 0.697. The molecular weight excluding hydrogens is 280 g/mol. The first kappa shape index (κ1) is 15.7. The molecule has 2 atom stereocenters. The van der Waals surface area contributed by atoms with Gasteiger partial charge < -0.3 is 10.4 Å². The molecule has 1 saturated carbocycles. The van der Waals surface area contributed by atoms with Crippen molar-refractivity contribution in [2.45, 2.75) is 51.2 Å². The van der Waals surface area contributed by atoms with E-state index in [0.717, 1.165) is 12.8 Å². The fraction of sp³-hybridized carbons (Fsp3) is 0.923. The molecule has 1 amide bonds. The minimum absolute atomic E-state index is 0.0848. The van der Waals surface area contributed by atoms with Crippen LogP contribution in [0.5, 0.6) is 0 Å². The molecule has 2 unspecified atom stereocenters. The molecular formula is C13H24N2O4S. The van der Waals surface area contributed by atoms with Gasteiger partial charge in [-0.25, -0.2) is 8.42 Å². The van der Waals surface area contributed by atoms with Gasteiger partial charge in [-0.3, -0.25) is 4.79 Å². The van der Waals surface area contributed by atoms with Gasteiger partial charge in [0.25, 0.3) is 0 Å². The van der Waals surface area contributed by atoms with E-state index in [9.17, 15) is 18.3 Å². The number of aliphatic hydroxyl groups is 1. The van der Waals surface area contributed by atoms with Gasteiger partial charge in [0.1, 0.15) is 6.04 Å². The average molecular weight is 304 g/mol. The Balaban J connectivity index is 1.90. The van der Waals surface area contributed by atoms with E-state index >= 15 is 0 Å². The Morgan fingerprint density at radius 3 is 2.70 bits per heavy atom. The average Bonchev–Trinajstić information content (AvgIpc) is 3.11. The maximum Gasteiger partial charge on any atom is 0.238 e. The topological polar surface area (TPSA) is 86.7 Å². The molecule has 2 rings (SSSR count). The zero-order valence-electron chi connectivity index (χ0n) is 11.9. The highest BCUT2D eigenvalue weighted by Crippen LogP contribution is 2.32. The summed E-state index contributed by atoms with van der Waals surface area (Å²) in [5.41, 5.74) is 0. The number of sulfonamides is 1. The summed E-state index contributed by atoms with van der Waals surface area (Å²) in [6, 6.07) is -0.599. The molecule has 6 nitrogen and oxygen atoms in total. The molecule has 0 aromatic heterocycles. The normalized spacial score (nSPS) is 25.6. The van der Waals surface area contributed by atoms with Crippen LogP contribution in [-0.2, 0) is 14.8 Å². The Bertz CT molecular complexity index is 447. The first-order chi connectivity index (χ1) is 9.45. The van der Waals surface area contributed by atoms with Crippen molar-refractivity contribution in [1.82, 2.24) is 9.62 Å². The van der Waals surface area contributed by atoms with Gasteiger partial charge in [0.05, 0.1) is 11.9 Å². The molecule has 0 spiro atoms. The molecule has 0 aromatic carbocycles. The third-order valence-electron chi connectivity index (χ3n) is 3.98. The third kappa shape index (κ3) is 3.71. The highest BCUT2D eigenvalue weighted by atomic mass is 32.2. The van der Waals surface area contributed by atoms with Gasteiger partial charge in [-0.1, -0.05) is 6.92 Å². The van der Waals surface area contributed by atoms with Crippen molar-refractivity contribution in [2.75, 3.05) is 18.8 Å². The summed E-state index contributed by atoms with van der Waals surface area (Å²) in [6.07, 6.45) is 3.35. The molecule has 1 saturated heterocycles. The molecule has 116 valence electrons. The van der Waals surface area contributed by atoms with Crippen molar-refractivity contribution < 1.29 is 18.3 Å². The third-order valence-corrected chi connectivity index (χ3v) is 6.05. The molecule has 2 N–H and O–H groups in total. The van der Waals surface area contributed by atoms with E-state index in [-0.39, 0.29) is 18.2 Å². The second kappa shape index (κ2) is 6.41. The van der Waals surface area contributed by atoms with Crippen LogP contribution in [0.25, 0.3) is 0 Å². The van der Waals surface area contributed by atoms with E-state index in [4.69, 9.17) is 0 Å². The van der Waals surface area contributed by atoms with Gasteiger partial charge in [-0.05, 0) is 38.0 Å². The molecule has 1 heterocycles. The zero-order chi connectivity index (χ0) is 14.8. The first-order valence-corrected chi connectivity index (χ1v) is 9.02. The summed E-state index contributed by atoms with van der Waals surface area (Å²) in [4.78, 5) is 12.1. The number of carbonyl (C=O) groups excluding carboxylic acids is 1. The molecule has 1 aliphatic heterocycles. The van der Waals surface area contributed by atoms with Gasteiger partial charge in [-0.2, -0.15) is 4.31 Å². The molecule has 2 aliphatic rings. The first-order valence-electron chi connectivity index (χ1n) is 7.41. The number of nitrogens with zero attached hydrogens (tertiary/aromatic N) is 1. The number of aliphatic hydroxyl groups excluding tert-OH is 1. The van der Waals surface area contributed by atoms with Crippen molar-refractivity contribution in [3.05, 3.63) is 0 Å². The summed E-state index contributed by atoms with van der Waals surface area (Å²) >= 11 is 0. The summed E-state index contributed by atoms with van der Waals surface area (Å²) < 4.78 is 25.5. The Kier molecular flexibility index (Phi) is 5.04. The van der Waals surface area contributed by atoms with Crippen LogP contribution >= 0.6 is 0 Å². The number of hydrogen-bond acceptors (Lipinski definition) is 4. The van der Waals surface area contributed by atoms with E-state index in [1.54, 1.807) is 0 Å². The molecule has 20 heavy (non-hydrogen) atoms. The lowest BCUT2D eigenvalue weighted by molar-refractivity contribution is -0.124. The van der Waals surface area contributed by atoms with E-state index in [1.807, 2.05) is 6.92 Å². The van der Waals surface area contributed by atoms with Crippen LogP contribution in [0.3, 0.4) is 0 Å². The van der Waals surface area contributed by atoms with Gasteiger partial charge >= 0.3 is 0 Å². The number of amides is 1. The Morgan fingerprint density at radius 1 is 1.40 bits per heavy atom. The lowest BCUT2D eigenvalue weighted by atomic mass is 10.2. The van der Waals surface area contributed by atoms with Crippen LogP contribution in [0, 0.1) is 5.92 Å². The fourth-order valence-electron chi connectivity index (χ4n) is 2.68. The lowest BCUT2D eigenvalue weighted by Gasteiger charge is -2.23. The van der Waals surface area contributed by atoms with Crippen LogP contribution in [0.4, 0.5) is 0 Å².